The molecule has 2 N–H and O–H groups in total. The van der Waals surface area contributed by atoms with Crippen LogP contribution in [0.3, 0.4) is 0 Å². The molecule has 8 heteroatoms. The number of ether oxygens (including phenoxy) is 1. The predicted octanol–water partition coefficient (Wildman–Crippen LogP) is 2.25. The number of nitriles is 1. The van der Waals surface area contributed by atoms with Crippen molar-refractivity contribution in [2.45, 2.75) is 12.8 Å². The van der Waals surface area contributed by atoms with Crippen molar-refractivity contribution >= 4 is 63.8 Å². The van der Waals surface area contributed by atoms with E-state index in [1.807, 2.05) is 30.3 Å². The standard InChI is InChI=1S/C10H11NO.C4H3NO2S2.Na.H/c11-8-4-5-9-12-10-6-2-1-3-7-10;6-1-2-3(7)5-4(8)9-2;;/h1-3,6-7H,4-5,9H2;1,6H,(H,5,7,8);;. The first kappa shape index (κ1) is 21.0. The number of carbonyl (C=O) groups is 1. The SMILES string of the molecule is N#CCCCOc1ccccc1.O=C1NC(=S)SC1=CO.[NaH]. The zero-order chi connectivity index (χ0) is 15.5. The molecule has 1 amide bonds. The fourth-order valence-electron chi connectivity index (χ4n) is 1.27. The summed E-state index contributed by atoms with van der Waals surface area (Å²) in [5.74, 6) is 0.544. The summed E-state index contributed by atoms with van der Waals surface area (Å²) in [6.07, 6.45) is 2.11. The summed E-state index contributed by atoms with van der Waals surface area (Å²) in [4.78, 5) is 10.8. The van der Waals surface area contributed by atoms with Crippen molar-refractivity contribution in [3.63, 3.8) is 0 Å². The summed E-state index contributed by atoms with van der Waals surface area (Å²) in [7, 11) is 0. The molecule has 22 heavy (non-hydrogen) atoms. The van der Waals surface area contributed by atoms with Gasteiger partial charge in [0.2, 0.25) is 0 Å². The Balaban J connectivity index is 0.000000397. The topological polar surface area (TPSA) is 82.3 Å². The Morgan fingerprint density at radius 3 is 2.55 bits per heavy atom. The van der Waals surface area contributed by atoms with Crippen LogP contribution in [0.4, 0.5) is 0 Å². The van der Waals surface area contributed by atoms with Crippen LogP contribution in [0.15, 0.2) is 41.5 Å². The maximum absolute atomic E-state index is 10.6. The zero-order valence-corrected chi connectivity index (χ0v) is 12.7. The average Bonchev–Trinajstić information content (AvgIpc) is 2.83. The number of rotatable bonds is 4. The van der Waals surface area contributed by atoms with Crippen LogP contribution in [0.5, 0.6) is 5.75 Å². The third-order valence-corrected chi connectivity index (χ3v) is 3.35. The number of para-hydroxylation sites is 1. The Kier molecular flexibility index (Phi) is 11.9. The molecule has 0 radical (unpaired) electrons. The maximum atomic E-state index is 10.6. The van der Waals surface area contributed by atoms with E-state index in [1.165, 1.54) is 0 Å². The third kappa shape index (κ3) is 8.41. The molecule has 0 unspecified atom stereocenters. The Hall–Kier alpha value is -1.04. The molecule has 1 aromatic carbocycles. The molecule has 0 atom stereocenters. The minimum absolute atomic E-state index is 0. The fraction of sp³-hybridized carbons (Fsp3) is 0.214. The van der Waals surface area contributed by atoms with E-state index in [4.69, 9.17) is 15.1 Å². The molecule has 1 aliphatic heterocycles. The molecule has 0 spiro atoms. The van der Waals surface area contributed by atoms with Crippen LogP contribution in [0.1, 0.15) is 12.8 Å². The van der Waals surface area contributed by atoms with Gasteiger partial charge >= 0.3 is 29.6 Å². The molecular formula is C14H15N2NaO3S2. The molecule has 112 valence electrons. The second-order valence-corrected chi connectivity index (χ2v) is 5.48. The van der Waals surface area contributed by atoms with E-state index in [0.717, 1.165) is 30.2 Å². The number of hydrogen-bond acceptors (Lipinski definition) is 6. The second kappa shape index (κ2) is 12.5. The molecule has 2 rings (SSSR count). The van der Waals surface area contributed by atoms with E-state index >= 15 is 0 Å². The second-order valence-electron chi connectivity index (χ2n) is 3.76. The molecule has 1 saturated heterocycles. The van der Waals surface area contributed by atoms with Gasteiger partial charge in [-0.05, 0) is 18.6 Å². The summed E-state index contributed by atoms with van der Waals surface area (Å²) in [5.41, 5.74) is 0. The Morgan fingerprint density at radius 2 is 2.09 bits per heavy atom. The Morgan fingerprint density at radius 1 is 1.41 bits per heavy atom. The molecule has 1 fully saturated rings. The number of nitrogens with one attached hydrogen (secondary N) is 1. The fourth-order valence-corrected chi connectivity index (χ4v) is 2.17. The summed E-state index contributed by atoms with van der Waals surface area (Å²) in [5, 5.41) is 19.0. The molecule has 1 aliphatic rings. The van der Waals surface area contributed by atoms with Gasteiger partial charge in [0, 0.05) is 6.42 Å². The van der Waals surface area contributed by atoms with Gasteiger partial charge in [-0.2, -0.15) is 5.26 Å². The van der Waals surface area contributed by atoms with Crippen molar-refractivity contribution in [2.75, 3.05) is 6.61 Å². The summed E-state index contributed by atoms with van der Waals surface area (Å²) >= 11 is 5.67. The van der Waals surface area contributed by atoms with E-state index in [0.29, 0.717) is 17.3 Å². The van der Waals surface area contributed by atoms with Crippen molar-refractivity contribution in [2.24, 2.45) is 0 Å². The molecule has 0 saturated carbocycles. The van der Waals surface area contributed by atoms with Crippen LogP contribution in [-0.2, 0) is 4.79 Å². The van der Waals surface area contributed by atoms with Gasteiger partial charge in [0.05, 0.1) is 18.9 Å². The van der Waals surface area contributed by atoms with Crippen LogP contribution in [0.2, 0.25) is 0 Å². The number of unbranched alkanes of at least 4 members (excludes halogenated alkanes) is 1. The normalized spacial score (nSPS) is 14.2. The zero-order valence-electron chi connectivity index (χ0n) is 11.1. The number of nitrogens with zero attached hydrogens (tertiary/aromatic N) is 1. The first-order valence-corrected chi connectivity index (χ1v) is 7.32. The Labute approximate surface area is 161 Å². The Bertz CT molecular complexity index is 559. The average molecular weight is 346 g/mol. The van der Waals surface area contributed by atoms with Gasteiger partial charge < -0.3 is 15.2 Å². The number of amides is 1. The van der Waals surface area contributed by atoms with Gasteiger partial charge in [0.15, 0.2) is 0 Å². The number of thiocarbonyl (C=S) groups is 1. The minimum atomic E-state index is -0.326. The van der Waals surface area contributed by atoms with Crippen LogP contribution in [0, 0.1) is 11.3 Å². The molecule has 1 aromatic rings. The van der Waals surface area contributed by atoms with Crippen molar-refractivity contribution < 1.29 is 14.6 Å². The first-order valence-electron chi connectivity index (χ1n) is 6.09. The van der Waals surface area contributed by atoms with E-state index in [2.05, 4.69) is 23.6 Å². The summed E-state index contributed by atoms with van der Waals surface area (Å²) in [6.45, 7) is 0.623. The van der Waals surface area contributed by atoms with Gasteiger partial charge in [0.1, 0.15) is 15.0 Å². The van der Waals surface area contributed by atoms with E-state index in [1.54, 1.807) is 0 Å². The van der Waals surface area contributed by atoms with Gasteiger partial charge in [-0.15, -0.1) is 0 Å². The number of benzene rings is 1. The number of aliphatic hydroxyl groups is 1. The van der Waals surface area contributed by atoms with Crippen molar-refractivity contribution in [1.82, 2.24) is 5.32 Å². The van der Waals surface area contributed by atoms with Crippen molar-refractivity contribution in [3.8, 4) is 11.8 Å². The number of carbonyl (C=O) groups excluding carboxylic acids is 1. The summed E-state index contributed by atoms with van der Waals surface area (Å²) in [6, 6.07) is 11.7. The first-order chi connectivity index (χ1) is 10.2. The molecule has 0 bridgehead atoms. The predicted molar refractivity (Wildman–Crippen MR) is 93.0 cm³/mol. The molecule has 0 aromatic heterocycles. The molecule has 1 heterocycles. The van der Waals surface area contributed by atoms with Crippen LogP contribution in [-0.4, -0.2) is 51.5 Å². The molecule has 0 aliphatic carbocycles. The van der Waals surface area contributed by atoms with Crippen molar-refractivity contribution in [1.29, 1.82) is 5.26 Å². The van der Waals surface area contributed by atoms with Crippen LogP contribution >= 0.6 is 24.0 Å². The van der Waals surface area contributed by atoms with Crippen LogP contribution < -0.4 is 10.1 Å². The van der Waals surface area contributed by atoms with Crippen molar-refractivity contribution in [3.05, 3.63) is 41.5 Å². The molecule has 5 nitrogen and oxygen atoms in total. The number of hydrogen-bond donors (Lipinski definition) is 2. The third-order valence-electron chi connectivity index (χ3n) is 2.20. The molecular weight excluding hydrogens is 331 g/mol. The number of aliphatic hydroxyl groups excluding tert-OH is 1. The number of thioether (sulfide) groups is 1. The van der Waals surface area contributed by atoms with E-state index in [-0.39, 0.29) is 40.4 Å². The summed E-state index contributed by atoms with van der Waals surface area (Å²) < 4.78 is 5.75. The van der Waals surface area contributed by atoms with Gasteiger partial charge in [0.25, 0.3) is 5.91 Å². The van der Waals surface area contributed by atoms with Gasteiger partial charge in [-0.1, -0.05) is 42.2 Å². The van der Waals surface area contributed by atoms with Gasteiger partial charge in [-0.25, -0.2) is 0 Å². The van der Waals surface area contributed by atoms with Crippen LogP contribution in [0.25, 0.3) is 0 Å². The van der Waals surface area contributed by atoms with E-state index < -0.39 is 0 Å². The van der Waals surface area contributed by atoms with Gasteiger partial charge in [-0.3, -0.25) is 4.79 Å². The quantitative estimate of drug-likeness (QED) is 0.286. The monoisotopic (exact) mass is 346 g/mol. The van der Waals surface area contributed by atoms with E-state index in [9.17, 15) is 4.79 Å².